The minimum absolute atomic E-state index is 0.0728. The molecular weight excluding hydrogens is 260 g/mol. The zero-order chi connectivity index (χ0) is 16.1. The maximum absolute atomic E-state index is 11.1. The van der Waals surface area contributed by atoms with Gasteiger partial charge in [-0.25, -0.2) is 0 Å². The molecule has 126 valence electrons. The predicted octanol–water partition coefficient (Wildman–Crippen LogP) is 5.99. The van der Waals surface area contributed by atoms with Gasteiger partial charge in [0.1, 0.15) is 0 Å². The van der Waals surface area contributed by atoms with Gasteiger partial charge in [0.25, 0.3) is 0 Å². The highest BCUT2D eigenvalue weighted by Gasteiger charge is 2.09. The first-order valence-corrected chi connectivity index (χ1v) is 9.06. The smallest absolute Gasteiger partial charge is 0.305 e. The van der Waals surface area contributed by atoms with Crippen LogP contribution in [0.5, 0.6) is 0 Å². The van der Waals surface area contributed by atoms with Gasteiger partial charge in [-0.2, -0.15) is 0 Å². The summed E-state index contributed by atoms with van der Waals surface area (Å²) in [6.07, 6.45) is 12.3. The SMILES string of the molecule is CCCC(C)CCCC(C)CCCC(C)CCC(=O)OC. The van der Waals surface area contributed by atoms with E-state index in [0.29, 0.717) is 12.3 Å². The Kier molecular flexibility index (Phi) is 12.8. The third-order valence-corrected chi connectivity index (χ3v) is 4.64. The first-order valence-electron chi connectivity index (χ1n) is 9.06. The van der Waals surface area contributed by atoms with E-state index in [1.807, 2.05) is 0 Å². The van der Waals surface area contributed by atoms with Crippen LogP contribution in [0.1, 0.15) is 91.9 Å². The molecule has 0 aromatic heterocycles. The molecule has 0 aromatic carbocycles. The molecular formula is C19H38O2. The summed E-state index contributed by atoms with van der Waals surface area (Å²) in [6, 6.07) is 0. The molecule has 3 unspecified atom stereocenters. The lowest BCUT2D eigenvalue weighted by molar-refractivity contribution is -0.140. The first-order chi connectivity index (χ1) is 9.99. The zero-order valence-corrected chi connectivity index (χ0v) is 15.1. The third kappa shape index (κ3) is 12.9. The van der Waals surface area contributed by atoms with Crippen LogP contribution >= 0.6 is 0 Å². The average Bonchev–Trinajstić information content (AvgIpc) is 2.45. The minimum atomic E-state index is -0.0728. The summed E-state index contributed by atoms with van der Waals surface area (Å²) in [4.78, 5) is 11.1. The fourth-order valence-electron chi connectivity index (χ4n) is 3.02. The maximum atomic E-state index is 11.1. The van der Waals surface area contributed by atoms with Crippen LogP contribution in [0.15, 0.2) is 0 Å². The van der Waals surface area contributed by atoms with Crippen LogP contribution in [-0.4, -0.2) is 13.1 Å². The standard InChI is InChI=1S/C19H38O2/c1-6-9-16(2)10-7-11-17(3)12-8-13-18(4)14-15-19(20)21-5/h16-18H,6-15H2,1-5H3. The average molecular weight is 299 g/mol. The third-order valence-electron chi connectivity index (χ3n) is 4.64. The van der Waals surface area contributed by atoms with Gasteiger partial charge in [0.05, 0.1) is 7.11 Å². The molecule has 21 heavy (non-hydrogen) atoms. The van der Waals surface area contributed by atoms with E-state index in [9.17, 15) is 4.79 Å². The van der Waals surface area contributed by atoms with Crippen molar-refractivity contribution in [2.75, 3.05) is 7.11 Å². The van der Waals surface area contributed by atoms with Crippen LogP contribution in [-0.2, 0) is 9.53 Å². The molecule has 2 heteroatoms. The van der Waals surface area contributed by atoms with Gasteiger partial charge >= 0.3 is 5.97 Å². The Bertz CT molecular complexity index is 250. The molecule has 0 amide bonds. The molecule has 3 atom stereocenters. The van der Waals surface area contributed by atoms with E-state index in [-0.39, 0.29) is 5.97 Å². The van der Waals surface area contributed by atoms with Crippen molar-refractivity contribution in [3.05, 3.63) is 0 Å². The molecule has 0 bridgehead atoms. The van der Waals surface area contributed by atoms with Crippen molar-refractivity contribution in [1.82, 2.24) is 0 Å². The number of carbonyl (C=O) groups is 1. The zero-order valence-electron chi connectivity index (χ0n) is 15.1. The van der Waals surface area contributed by atoms with Crippen molar-refractivity contribution in [2.24, 2.45) is 17.8 Å². The summed E-state index contributed by atoms with van der Waals surface area (Å²) < 4.78 is 4.69. The molecule has 0 N–H and O–H groups in total. The van der Waals surface area contributed by atoms with E-state index < -0.39 is 0 Å². The number of rotatable bonds is 13. The van der Waals surface area contributed by atoms with Gasteiger partial charge in [0, 0.05) is 6.42 Å². The number of carbonyl (C=O) groups excluding carboxylic acids is 1. The lowest BCUT2D eigenvalue weighted by Crippen LogP contribution is -2.05. The largest absolute Gasteiger partial charge is 0.469 e. The van der Waals surface area contributed by atoms with Gasteiger partial charge < -0.3 is 4.74 Å². The molecule has 0 aliphatic carbocycles. The van der Waals surface area contributed by atoms with E-state index >= 15 is 0 Å². The molecule has 0 aliphatic rings. The summed E-state index contributed by atoms with van der Waals surface area (Å²) in [7, 11) is 1.47. The lowest BCUT2D eigenvalue weighted by Gasteiger charge is -2.15. The summed E-state index contributed by atoms with van der Waals surface area (Å²) in [5.41, 5.74) is 0. The van der Waals surface area contributed by atoms with Crippen molar-refractivity contribution in [2.45, 2.75) is 91.9 Å². The Morgan fingerprint density at radius 1 is 0.810 bits per heavy atom. The van der Waals surface area contributed by atoms with Gasteiger partial charge in [-0.1, -0.05) is 79.1 Å². The van der Waals surface area contributed by atoms with Crippen molar-refractivity contribution >= 4 is 5.97 Å². The van der Waals surface area contributed by atoms with E-state index in [2.05, 4.69) is 32.4 Å². The van der Waals surface area contributed by atoms with Crippen LogP contribution in [0.2, 0.25) is 0 Å². The topological polar surface area (TPSA) is 26.3 Å². The Morgan fingerprint density at radius 2 is 1.24 bits per heavy atom. The molecule has 0 rings (SSSR count). The number of methoxy groups -OCH3 is 1. The van der Waals surface area contributed by atoms with Gasteiger partial charge in [-0.3, -0.25) is 4.79 Å². The molecule has 0 saturated carbocycles. The lowest BCUT2D eigenvalue weighted by atomic mass is 9.91. The van der Waals surface area contributed by atoms with Crippen LogP contribution < -0.4 is 0 Å². The van der Waals surface area contributed by atoms with Crippen molar-refractivity contribution < 1.29 is 9.53 Å². The van der Waals surface area contributed by atoms with Crippen molar-refractivity contribution in [1.29, 1.82) is 0 Å². The summed E-state index contributed by atoms with van der Waals surface area (Å²) >= 11 is 0. The number of ether oxygens (including phenoxy) is 1. The van der Waals surface area contributed by atoms with Crippen molar-refractivity contribution in [3.63, 3.8) is 0 Å². The molecule has 0 aromatic rings. The molecule has 0 saturated heterocycles. The normalized spacial score (nSPS) is 15.5. The molecule has 0 heterocycles. The van der Waals surface area contributed by atoms with Crippen LogP contribution in [0.4, 0.5) is 0 Å². The van der Waals surface area contributed by atoms with Gasteiger partial charge in [0.2, 0.25) is 0 Å². The summed E-state index contributed by atoms with van der Waals surface area (Å²) in [6.45, 7) is 9.31. The molecule has 0 fully saturated rings. The maximum Gasteiger partial charge on any atom is 0.305 e. The van der Waals surface area contributed by atoms with E-state index in [4.69, 9.17) is 0 Å². The summed E-state index contributed by atoms with van der Waals surface area (Å²) in [5, 5.41) is 0. The van der Waals surface area contributed by atoms with Gasteiger partial charge in [-0.05, 0) is 24.2 Å². The minimum Gasteiger partial charge on any atom is -0.469 e. The first kappa shape index (κ1) is 20.5. The van der Waals surface area contributed by atoms with Gasteiger partial charge in [0.15, 0.2) is 0 Å². The number of esters is 1. The predicted molar refractivity (Wildman–Crippen MR) is 91.4 cm³/mol. The second kappa shape index (κ2) is 13.2. The monoisotopic (exact) mass is 298 g/mol. The Labute approximate surface area is 133 Å². The van der Waals surface area contributed by atoms with Crippen LogP contribution in [0.25, 0.3) is 0 Å². The highest BCUT2D eigenvalue weighted by atomic mass is 16.5. The molecule has 0 radical (unpaired) electrons. The highest BCUT2D eigenvalue weighted by Crippen LogP contribution is 2.22. The van der Waals surface area contributed by atoms with E-state index in [1.54, 1.807) is 0 Å². The van der Waals surface area contributed by atoms with Crippen LogP contribution in [0.3, 0.4) is 0 Å². The Hall–Kier alpha value is -0.530. The van der Waals surface area contributed by atoms with Gasteiger partial charge in [-0.15, -0.1) is 0 Å². The Morgan fingerprint density at radius 3 is 1.67 bits per heavy atom. The van der Waals surface area contributed by atoms with Crippen LogP contribution in [0, 0.1) is 17.8 Å². The molecule has 0 spiro atoms. The van der Waals surface area contributed by atoms with E-state index in [0.717, 1.165) is 18.3 Å². The second-order valence-electron chi connectivity index (χ2n) is 7.08. The highest BCUT2D eigenvalue weighted by molar-refractivity contribution is 5.69. The summed E-state index contributed by atoms with van der Waals surface area (Å²) in [5.74, 6) is 2.32. The second-order valence-corrected chi connectivity index (χ2v) is 7.08. The number of hydrogen-bond donors (Lipinski definition) is 0. The van der Waals surface area contributed by atoms with Crippen molar-refractivity contribution in [3.8, 4) is 0 Å². The molecule has 0 aliphatic heterocycles. The van der Waals surface area contributed by atoms with E-state index in [1.165, 1.54) is 58.5 Å². The fourth-order valence-corrected chi connectivity index (χ4v) is 3.02. The quantitative estimate of drug-likeness (QED) is 0.390. The number of hydrogen-bond acceptors (Lipinski definition) is 2. The Balaban J connectivity index is 3.51. The molecule has 2 nitrogen and oxygen atoms in total. The fraction of sp³-hybridized carbons (Fsp3) is 0.947.